The Morgan fingerprint density at radius 2 is 1.82 bits per heavy atom. The van der Waals surface area contributed by atoms with E-state index in [0.717, 1.165) is 27.7 Å². The summed E-state index contributed by atoms with van der Waals surface area (Å²) in [4.78, 5) is 17.2. The number of pyridine rings is 1. The van der Waals surface area contributed by atoms with E-state index in [0.29, 0.717) is 28.7 Å². The van der Waals surface area contributed by atoms with Gasteiger partial charge in [-0.2, -0.15) is 0 Å². The van der Waals surface area contributed by atoms with Gasteiger partial charge in [0, 0.05) is 17.0 Å². The molecule has 4 rings (SSSR count). The maximum absolute atomic E-state index is 12.5. The molecule has 1 heterocycles. The fraction of sp³-hybridized carbons (Fsp3) is 0.226. The van der Waals surface area contributed by atoms with Crippen molar-refractivity contribution in [3.63, 3.8) is 0 Å². The molecular formula is C31H30ClNO5. The quantitative estimate of drug-likeness (QED) is 0.188. The number of halogens is 1. The highest BCUT2D eigenvalue weighted by Crippen LogP contribution is 2.28. The number of fused-ring (bicyclic) bond motifs is 1. The zero-order valence-electron chi connectivity index (χ0n) is 21.6. The molecule has 0 aliphatic carbocycles. The first-order valence-electron chi connectivity index (χ1n) is 12.4. The van der Waals surface area contributed by atoms with Crippen LogP contribution in [0, 0.1) is 0 Å². The molecule has 7 heteroatoms. The molecule has 6 nitrogen and oxygen atoms in total. The molecule has 0 spiro atoms. The van der Waals surface area contributed by atoms with Crippen LogP contribution in [0.2, 0.25) is 5.02 Å². The maximum Gasteiger partial charge on any atom is 0.342 e. The van der Waals surface area contributed by atoms with Crippen LogP contribution in [-0.4, -0.2) is 37.9 Å². The topological polar surface area (TPSA) is 66.9 Å². The molecule has 0 saturated carbocycles. The minimum atomic E-state index is -0.467. The minimum absolute atomic E-state index is 0.215. The molecule has 196 valence electrons. The third-order valence-electron chi connectivity index (χ3n) is 5.84. The van der Waals surface area contributed by atoms with Crippen molar-refractivity contribution >= 4 is 40.6 Å². The van der Waals surface area contributed by atoms with Gasteiger partial charge < -0.3 is 18.9 Å². The molecule has 0 aliphatic heterocycles. The summed E-state index contributed by atoms with van der Waals surface area (Å²) in [5.74, 6) is 0.490. The first kappa shape index (κ1) is 27.2. The van der Waals surface area contributed by atoms with Gasteiger partial charge in [0.1, 0.15) is 29.8 Å². The van der Waals surface area contributed by atoms with Crippen molar-refractivity contribution in [3.05, 3.63) is 100 Å². The predicted octanol–water partition coefficient (Wildman–Crippen LogP) is 7.40. The van der Waals surface area contributed by atoms with Crippen LogP contribution in [0.1, 0.15) is 47.1 Å². The molecule has 0 aliphatic rings. The largest absolute Gasteiger partial charge is 0.497 e. The van der Waals surface area contributed by atoms with Gasteiger partial charge in [-0.05, 0) is 73.5 Å². The molecule has 0 fully saturated rings. The first-order valence-corrected chi connectivity index (χ1v) is 12.8. The van der Waals surface area contributed by atoms with E-state index in [-0.39, 0.29) is 19.3 Å². The highest BCUT2D eigenvalue weighted by molar-refractivity contribution is 6.31. The second-order valence-corrected chi connectivity index (χ2v) is 8.85. The summed E-state index contributed by atoms with van der Waals surface area (Å²) in [5, 5.41) is 1.70. The number of hydrogen-bond donors (Lipinski definition) is 0. The van der Waals surface area contributed by atoms with Crippen molar-refractivity contribution < 1.29 is 23.7 Å². The van der Waals surface area contributed by atoms with Crippen LogP contribution in [0.4, 0.5) is 0 Å². The number of nitrogens with zero attached hydrogens (tertiary/aromatic N) is 1. The van der Waals surface area contributed by atoms with Gasteiger partial charge in [-0.15, -0.1) is 0 Å². The number of benzene rings is 3. The Bertz CT molecular complexity index is 1440. The highest BCUT2D eigenvalue weighted by Gasteiger charge is 2.18. The van der Waals surface area contributed by atoms with Crippen molar-refractivity contribution in [1.82, 2.24) is 4.98 Å². The highest BCUT2D eigenvalue weighted by atomic mass is 35.5. The van der Waals surface area contributed by atoms with Gasteiger partial charge in [-0.1, -0.05) is 48.0 Å². The number of ether oxygens (including phenoxy) is 4. The van der Waals surface area contributed by atoms with Crippen molar-refractivity contribution in [1.29, 1.82) is 0 Å². The second kappa shape index (κ2) is 13.1. The van der Waals surface area contributed by atoms with Crippen molar-refractivity contribution in [2.45, 2.75) is 20.0 Å². The van der Waals surface area contributed by atoms with Gasteiger partial charge >= 0.3 is 5.97 Å². The summed E-state index contributed by atoms with van der Waals surface area (Å²) in [6.07, 6.45) is 3.63. The van der Waals surface area contributed by atoms with E-state index in [2.05, 4.69) is 11.1 Å². The Balaban J connectivity index is 1.52. The lowest BCUT2D eigenvalue weighted by atomic mass is 10.1. The lowest BCUT2D eigenvalue weighted by Crippen LogP contribution is -2.16. The summed E-state index contributed by atoms with van der Waals surface area (Å²) >= 11 is 6.12. The van der Waals surface area contributed by atoms with Gasteiger partial charge in [0.15, 0.2) is 0 Å². The fourth-order valence-corrected chi connectivity index (χ4v) is 4.15. The Hall–Kier alpha value is -3.87. The van der Waals surface area contributed by atoms with Crippen molar-refractivity contribution in [3.8, 4) is 11.5 Å². The summed E-state index contributed by atoms with van der Waals surface area (Å²) in [6, 6.07) is 22.8. The second-order valence-electron chi connectivity index (χ2n) is 8.41. The maximum atomic E-state index is 12.5. The SMILES string of the molecule is CCOC(=O)c1cc(OC)ccc1OCC(OCC)c1cccc(/C=C/c2ccc3ccc(Cl)cc3n2)c1. The van der Waals surface area contributed by atoms with Gasteiger partial charge in [0.05, 0.1) is 24.9 Å². The molecule has 1 unspecified atom stereocenters. The van der Waals surface area contributed by atoms with Gasteiger partial charge in [0.2, 0.25) is 0 Å². The zero-order chi connectivity index (χ0) is 26.9. The van der Waals surface area contributed by atoms with E-state index in [9.17, 15) is 4.79 Å². The van der Waals surface area contributed by atoms with E-state index in [1.54, 1.807) is 32.2 Å². The van der Waals surface area contributed by atoms with Crippen LogP contribution in [0.25, 0.3) is 23.1 Å². The van der Waals surface area contributed by atoms with E-state index < -0.39 is 5.97 Å². The van der Waals surface area contributed by atoms with Crippen LogP contribution in [0.5, 0.6) is 11.5 Å². The zero-order valence-corrected chi connectivity index (χ0v) is 22.4. The summed E-state index contributed by atoms with van der Waals surface area (Å²) < 4.78 is 22.5. The van der Waals surface area contributed by atoms with Crippen LogP contribution in [0.15, 0.2) is 72.8 Å². The Morgan fingerprint density at radius 3 is 2.61 bits per heavy atom. The molecule has 4 aromatic rings. The van der Waals surface area contributed by atoms with Crippen molar-refractivity contribution in [2.24, 2.45) is 0 Å². The average Bonchev–Trinajstić information content (AvgIpc) is 2.94. The van der Waals surface area contributed by atoms with Crippen LogP contribution in [-0.2, 0) is 9.47 Å². The Kier molecular flexibility index (Phi) is 9.35. The van der Waals surface area contributed by atoms with E-state index in [4.69, 9.17) is 30.5 Å². The number of esters is 1. The molecule has 0 radical (unpaired) electrons. The number of aromatic nitrogens is 1. The summed E-state index contributed by atoms with van der Waals surface area (Å²) in [6.45, 7) is 4.68. The predicted molar refractivity (Wildman–Crippen MR) is 151 cm³/mol. The minimum Gasteiger partial charge on any atom is -0.497 e. The first-order chi connectivity index (χ1) is 18.5. The summed E-state index contributed by atoms with van der Waals surface area (Å²) in [7, 11) is 1.54. The van der Waals surface area contributed by atoms with Gasteiger partial charge in [-0.3, -0.25) is 0 Å². The number of methoxy groups -OCH3 is 1. The van der Waals surface area contributed by atoms with Gasteiger partial charge in [-0.25, -0.2) is 9.78 Å². The molecule has 0 amide bonds. The fourth-order valence-electron chi connectivity index (χ4n) is 3.98. The Morgan fingerprint density at radius 1 is 0.974 bits per heavy atom. The standard InChI is InChI=1S/C31H30ClNO5/c1-4-36-30(20-38-29-16-15-26(35-3)19-27(29)31(34)37-5-2)23-8-6-7-21(17-23)9-13-25-14-11-22-10-12-24(32)18-28(22)33-25/h6-19,30H,4-5,20H2,1-3H3/b13-9+. The van der Waals surface area contributed by atoms with E-state index in [1.165, 1.54) is 0 Å². The van der Waals surface area contributed by atoms with Crippen LogP contribution < -0.4 is 9.47 Å². The third-order valence-corrected chi connectivity index (χ3v) is 6.08. The van der Waals surface area contributed by atoms with Crippen LogP contribution in [0.3, 0.4) is 0 Å². The van der Waals surface area contributed by atoms with Gasteiger partial charge in [0.25, 0.3) is 0 Å². The number of rotatable bonds is 11. The molecule has 0 saturated heterocycles. The lowest BCUT2D eigenvalue weighted by molar-refractivity contribution is 0.0255. The molecule has 0 N–H and O–H groups in total. The lowest BCUT2D eigenvalue weighted by Gasteiger charge is -2.20. The molecular weight excluding hydrogens is 502 g/mol. The third kappa shape index (κ3) is 6.91. The van der Waals surface area contributed by atoms with E-state index >= 15 is 0 Å². The average molecular weight is 532 g/mol. The van der Waals surface area contributed by atoms with E-state index in [1.807, 2.05) is 67.6 Å². The molecule has 38 heavy (non-hydrogen) atoms. The number of carbonyl (C=O) groups is 1. The summed E-state index contributed by atoms with van der Waals surface area (Å²) in [5.41, 5.74) is 3.95. The number of hydrogen-bond acceptors (Lipinski definition) is 6. The molecule has 3 aromatic carbocycles. The normalized spacial score (nSPS) is 12.0. The molecule has 0 bridgehead atoms. The van der Waals surface area contributed by atoms with Crippen molar-refractivity contribution in [2.75, 3.05) is 26.9 Å². The molecule has 1 atom stereocenters. The number of carbonyl (C=O) groups excluding carboxylic acids is 1. The van der Waals surface area contributed by atoms with Crippen LogP contribution >= 0.6 is 11.6 Å². The monoisotopic (exact) mass is 531 g/mol. The Labute approximate surface area is 227 Å². The smallest absolute Gasteiger partial charge is 0.342 e. The molecule has 1 aromatic heterocycles.